The van der Waals surface area contributed by atoms with Crippen molar-refractivity contribution in [2.45, 2.75) is 19.5 Å². The number of nitrogens with zero attached hydrogens (tertiary/aromatic N) is 6. The van der Waals surface area contributed by atoms with Crippen molar-refractivity contribution >= 4 is 39.5 Å². The van der Waals surface area contributed by atoms with Crippen molar-refractivity contribution in [2.24, 2.45) is 0 Å². The van der Waals surface area contributed by atoms with Crippen LogP contribution in [0.5, 0.6) is 0 Å². The second-order valence-electron chi connectivity index (χ2n) is 7.35. The van der Waals surface area contributed by atoms with Gasteiger partial charge in [0.1, 0.15) is 11.5 Å². The number of hydrogen-bond donors (Lipinski definition) is 4. The normalized spacial score (nSPS) is 13.2. The van der Waals surface area contributed by atoms with Gasteiger partial charge in [0, 0.05) is 31.1 Å². The Bertz CT molecular complexity index is 1340. The first-order chi connectivity index (χ1) is 16.2. The molecule has 4 N–H and O–H groups in total. The summed E-state index contributed by atoms with van der Waals surface area (Å²) < 4.78 is 39.6. The first-order valence-corrected chi connectivity index (χ1v) is 11.8. The molecule has 0 saturated carbocycles. The summed E-state index contributed by atoms with van der Waals surface area (Å²) in [5.74, 6) is -0.339. The van der Waals surface area contributed by atoms with Crippen LogP contribution in [0.2, 0.25) is 0 Å². The highest BCUT2D eigenvalue weighted by Crippen LogP contribution is 2.22. The number of anilines is 4. The van der Waals surface area contributed by atoms with Gasteiger partial charge in [0.15, 0.2) is 17.5 Å². The predicted molar refractivity (Wildman–Crippen MR) is 119 cm³/mol. The molecule has 4 heterocycles. The zero-order chi connectivity index (χ0) is 24.3. The van der Waals surface area contributed by atoms with Crippen molar-refractivity contribution in [3.05, 3.63) is 53.5 Å². The lowest BCUT2D eigenvalue weighted by atomic mass is 10.1. The summed E-state index contributed by atoms with van der Waals surface area (Å²) in [6, 6.07) is 3.43. The van der Waals surface area contributed by atoms with Crippen molar-refractivity contribution in [3.8, 4) is 0 Å². The monoisotopic (exact) mass is 489 g/mol. The molecule has 0 fully saturated rings. The van der Waals surface area contributed by atoms with Crippen molar-refractivity contribution in [3.63, 3.8) is 0 Å². The lowest BCUT2D eigenvalue weighted by Gasteiger charge is -2.25. The third kappa shape index (κ3) is 5.61. The summed E-state index contributed by atoms with van der Waals surface area (Å²) in [5, 5.41) is 14.8. The van der Waals surface area contributed by atoms with E-state index < -0.39 is 21.9 Å². The SMILES string of the molecule is CS(=O)(=O)Nc1nccnc1CNc1nc(Nc2ccc3c(n2)CCN(C(=O)O)C3)ncc1F. The zero-order valence-corrected chi connectivity index (χ0v) is 18.7. The van der Waals surface area contributed by atoms with E-state index in [0.29, 0.717) is 18.8 Å². The smallest absolute Gasteiger partial charge is 0.407 e. The first kappa shape index (κ1) is 23.0. The van der Waals surface area contributed by atoms with Crippen LogP contribution in [-0.2, 0) is 29.5 Å². The van der Waals surface area contributed by atoms with Gasteiger partial charge in [-0.25, -0.2) is 32.6 Å². The Morgan fingerprint density at radius 3 is 2.74 bits per heavy atom. The number of carboxylic acid groups (broad SMARTS) is 1. The highest BCUT2D eigenvalue weighted by atomic mass is 32.2. The van der Waals surface area contributed by atoms with Crippen LogP contribution in [0.1, 0.15) is 17.0 Å². The molecule has 0 bridgehead atoms. The Balaban J connectivity index is 1.47. The predicted octanol–water partition coefficient (Wildman–Crippen LogP) is 1.56. The second kappa shape index (κ2) is 9.38. The summed E-state index contributed by atoms with van der Waals surface area (Å²) in [5.41, 5.74) is 1.81. The van der Waals surface area contributed by atoms with E-state index in [1.54, 1.807) is 12.1 Å². The molecule has 4 rings (SSSR count). The van der Waals surface area contributed by atoms with E-state index in [2.05, 4.69) is 40.3 Å². The van der Waals surface area contributed by atoms with Crippen molar-refractivity contribution in [1.82, 2.24) is 29.8 Å². The molecule has 0 atom stereocenters. The Morgan fingerprint density at radius 1 is 1.18 bits per heavy atom. The molecule has 3 aromatic rings. The van der Waals surface area contributed by atoms with Crippen LogP contribution >= 0.6 is 0 Å². The second-order valence-corrected chi connectivity index (χ2v) is 9.10. The molecule has 1 aliphatic rings. The standard InChI is InChI=1S/C19H20FN9O4S/c1-34(32,33)28-17-14(21-5-6-22-17)9-23-16-12(20)8-24-18(27-16)26-15-3-2-11-10-29(19(30)31)7-4-13(11)25-15/h2-3,5-6,8H,4,7,9-10H2,1H3,(H,22,28)(H,30,31)(H2,23,24,25,26,27). The number of pyridine rings is 1. The highest BCUT2D eigenvalue weighted by Gasteiger charge is 2.21. The van der Waals surface area contributed by atoms with Crippen LogP contribution in [-0.4, -0.2) is 62.2 Å². The third-order valence-electron chi connectivity index (χ3n) is 4.78. The van der Waals surface area contributed by atoms with Gasteiger partial charge in [-0.2, -0.15) is 4.98 Å². The van der Waals surface area contributed by atoms with Gasteiger partial charge >= 0.3 is 6.09 Å². The van der Waals surface area contributed by atoms with E-state index in [0.717, 1.165) is 23.7 Å². The molecule has 15 heteroatoms. The Hall–Kier alpha value is -4.14. The fourth-order valence-electron chi connectivity index (χ4n) is 3.24. The summed E-state index contributed by atoms with van der Waals surface area (Å²) >= 11 is 0. The van der Waals surface area contributed by atoms with Crippen molar-refractivity contribution in [1.29, 1.82) is 0 Å². The number of nitrogens with one attached hydrogen (secondary N) is 3. The Morgan fingerprint density at radius 2 is 1.97 bits per heavy atom. The average Bonchev–Trinajstić information content (AvgIpc) is 2.79. The lowest BCUT2D eigenvalue weighted by molar-refractivity contribution is 0.139. The molecule has 13 nitrogen and oxygen atoms in total. The molecule has 1 amide bonds. The summed E-state index contributed by atoms with van der Waals surface area (Å²) in [6.07, 6.45) is 4.16. The molecule has 34 heavy (non-hydrogen) atoms. The number of carbonyl (C=O) groups is 1. The summed E-state index contributed by atoms with van der Waals surface area (Å²) in [6.45, 7) is 0.548. The van der Waals surface area contributed by atoms with Gasteiger partial charge in [-0.05, 0) is 11.6 Å². The molecule has 0 radical (unpaired) electrons. The van der Waals surface area contributed by atoms with Gasteiger partial charge in [-0.1, -0.05) is 6.07 Å². The molecule has 0 unspecified atom stereocenters. The molecule has 0 aliphatic carbocycles. The molecule has 178 valence electrons. The fraction of sp³-hybridized carbons (Fsp3) is 0.263. The Labute approximate surface area is 193 Å². The van der Waals surface area contributed by atoms with Gasteiger partial charge in [0.25, 0.3) is 0 Å². The van der Waals surface area contributed by atoms with Crippen LogP contribution < -0.4 is 15.4 Å². The minimum atomic E-state index is -3.57. The minimum absolute atomic E-state index is 0.0186. The number of hydrogen-bond acceptors (Lipinski definition) is 10. The maximum Gasteiger partial charge on any atom is 0.407 e. The van der Waals surface area contributed by atoms with E-state index >= 15 is 0 Å². The van der Waals surface area contributed by atoms with Crippen LogP contribution in [0.15, 0.2) is 30.7 Å². The van der Waals surface area contributed by atoms with Gasteiger partial charge in [-0.3, -0.25) is 9.71 Å². The molecule has 0 saturated heterocycles. The van der Waals surface area contributed by atoms with Crippen molar-refractivity contribution < 1.29 is 22.7 Å². The Kier molecular flexibility index (Phi) is 6.36. The number of rotatable bonds is 7. The average molecular weight is 489 g/mol. The number of fused-ring (bicyclic) bond motifs is 1. The third-order valence-corrected chi connectivity index (χ3v) is 5.35. The molecule has 1 aliphatic heterocycles. The van der Waals surface area contributed by atoms with E-state index in [1.807, 2.05) is 0 Å². The molecule has 0 aromatic carbocycles. The minimum Gasteiger partial charge on any atom is -0.465 e. The van der Waals surface area contributed by atoms with Gasteiger partial charge in [-0.15, -0.1) is 0 Å². The highest BCUT2D eigenvalue weighted by molar-refractivity contribution is 7.92. The van der Waals surface area contributed by atoms with E-state index in [4.69, 9.17) is 5.11 Å². The van der Waals surface area contributed by atoms with Gasteiger partial charge in [0.05, 0.1) is 25.5 Å². The lowest BCUT2D eigenvalue weighted by Crippen LogP contribution is -2.35. The van der Waals surface area contributed by atoms with E-state index in [1.165, 1.54) is 17.3 Å². The van der Waals surface area contributed by atoms with Crippen molar-refractivity contribution in [2.75, 3.05) is 28.2 Å². The maximum absolute atomic E-state index is 14.3. The molecule has 0 spiro atoms. The van der Waals surface area contributed by atoms with Crippen LogP contribution in [0.4, 0.5) is 32.6 Å². The largest absolute Gasteiger partial charge is 0.465 e. The fourth-order valence-corrected chi connectivity index (χ4v) is 3.76. The van der Waals surface area contributed by atoms with E-state index in [9.17, 15) is 17.6 Å². The van der Waals surface area contributed by atoms with Crippen LogP contribution in [0, 0.1) is 5.82 Å². The zero-order valence-electron chi connectivity index (χ0n) is 17.9. The topological polar surface area (TPSA) is 175 Å². The molecular formula is C19H20FN9O4S. The quantitative estimate of drug-likeness (QED) is 0.379. The number of halogens is 1. The number of aromatic nitrogens is 5. The first-order valence-electron chi connectivity index (χ1n) is 9.96. The summed E-state index contributed by atoms with van der Waals surface area (Å²) in [7, 11) is -3.57. The van der Waals surface area contributed by atoms with Gasteiger partial charge < -0.3 is 20.6 Å². The number of amides is 1. The summed E-state index contributed by atoms with van der Waals surface area (Å²) in [4.78, 5) is 33.0. The maximum atomic E-state index is 14.3. The van der Waals surface area contributed by atoms with Gasteiger partial charge in [0.2, 0.25) is 16.0 Å². The van der Waals surface area contributed by atoms with Crippen LogP contribution in [0.25, 0.3) is 0 Å². The molecular weight excluding hydrogens is 469 g/mol. The van der Waals surface area contributed by atoms with E-state index in [-0.39, 0.29) is 36.4 Å². The number of sulfonamides is 1. The molecule has 3 aromatic heterocycles. The van der Waals surface area contributed by atoms with Crippen LogP contribution in [0.3, 0.4) is 0 Å².